The second kappa shape index (κ2) is 7.45. The van der Waals surface area contributed by atoms with Crippen LogP contribution in [0.3, 0.4) is 0 Å². The van der Waals surface area contributed by atoms with Gasteiger partial charge in [-0.3, -0.25) is 4.79 Å². The zero-order valence-electron chi connectivity index (χ0n) is 10.1. The lowest BCUT2D eigenvalue weighted by molar-refractivity contribution is 0.0957. The molecule has 2 heterocycles. The summed E-state index contributed by atoms with van der Waals surface area (Å²) in [7, 11) is 0. The lowest BCUT2D eigenvalue weighted by atomic mass is 10.2. The maximum absolute atomic E-state index is 11.9. The summed E-state index contributed by atoms with van der Waals surface area (Å²) in [5.41, 5.74) is 0. The number of hydrogen-bond donors (Lipinski definition) is 1. The maximum Gasteiger partial charge on any atom is 0.261 e. The molecule has 1 amide bonds. The maximum atomic E-state index is 11.9. The topological polar surface area (TPSA) is 29.1 Å². The molecule has 0 aliphatic carbocycles. The Morgan fingerprint density at radius 1 is 1.22 bits per heavy atom. The minimum atomic E-state index is 0.0808. The molecule has 0 radical (unpaired) electrons. The highest BCUT2D eigenvalue weighted by Gasteiger charge is 2.09. The average Bonchev–Trinajstić information content (AvgIpc) is 2.93. The molecule has 2 aromatic heterocycles. The van der Waals surface area contributed by atoms with E-state index in [1.54, 1.807) is 22.7 Å². The molecule has 2 aromatic rings. The first-order valence-corrected chi connectivity index (χ1v) is 9.34. The van der Waals surface area contributed by atoms with Crippen LogP contribution in [0.2, 0.25) is 0 Å². The molecule has 0 aromatic carbocycles. The summed E-state index contributed by atoms with van der Waals surface area (Å²) in [5.74, 6) is 0.0808. The third-order valence-corrected chi connectivity index (χ3v) is 5.56. The van der Waals surface area contributed by atoms with Gasteiger partial charge in [0.05, 0.1) is 4.88 Å². The van der Waals surface area contributed by atoms with E-state index >= 15 is 0 Å². The third kappa shape index (κ3) is 3.93. The number of nitrogens with one attached hydrogen (secondary N) is 1. The van der Waals surface area contributed by atoms with Crippen molar-refractivity contribution in [3.05, 3.63) is 22.4 Å². The SMILES string of the molecule is O=C(NCCCCCCI)c1cc2sccc2s1. The van der Waals surface area contributed by atoms with E-state index in [9.17, 15) is 4.79 Å². The lowest BCUT2D eigenvalue weighted by Gasteiger charge is -2.02. The average molecular weight is 393 g/mol. The van der Waals surface area contributed by atoms with Crippen molar-refractivity contribution in [2.24, 2.45) is 0 Å². The molecule has 98 valence electrons. The summed E-state index contributed by atoms with van der Waals surface area (Å²) in [6, 6.07) is 4.07. The van der Waals surface area contributed by atoms with Gasteiger partial charge in [0.2, 0.25) is 0 Å². The Bertz CT molecular complexity index is 477. The van der Waals surface area contributed by atoms with Crippen LogP contribution in [0.15, 0.2) is 17.5 Å². The predicted molar refractivity (Wildman–Crippen MR) is 89.4 cm³/mol. The first-order chi connectivity index (χ1) is 8.81. The zero-order valence-corrected chi connectivity index (χ0v) is 13.9. The van der Waals surface area contributed by atoms with Crippen LogP contribution in [-0.2, 0) is 0 Å². The molecule has 18 heavy (non-hydrogen) atoms. The van der Waals surface area contributed by atoms with Gasteiger partial charge in [-0.15, -0.1) is 22.7 Å². The van der Waals surface area contributed by atoms with E-state index in [1.807, 2.05) is 6.07 Å². The van der Waals surface area contributed by atoms with Crippen LogP contribution in [0.25, 0.3) is 9.40 Å². The summed E-state index contributed by atoms with van der Waals surface area (Å²) >= 11 is 5.68. The van der Waals surface area contributed by atoms with E-state index in [0.29, 0.717) is 0 Å². The van der Waals surface area contributed by atoms with Gasteiger partial charge in [-0.05, 0) is 34.8 Å². The Balaban J connectivity index is 1.73. The fourth-order valence-corrected chi connectivity index (χ4v) is 4.30. The fourth-order valence-electron chi connectivity index (χ4n) is 1.74. The normalized spacial score (nSPS) is 10.9. The number of alkyl halides is 1. The Labute approximate surface area is 129 Å². The van der Waals surface area contributed by atoms with Crippen molar-refractivity contribution < 1.29 is 4.79 Å². The van der Waals surface area contributed by atoms with Gasteiger partial charge >= 0.3 is 0 Å². The Kier molecular flexibility index (Phi) is 5.91. The molecule has 2 nitrogen and oxygen atoms in total. The van der Waals surface area contributed by atoms with Crippen molar-refractivity contribution in [1.82, 2.24) is 5.32 Å². The molecule has 0 aliphatic rings. The molecule has 5 heteroatoms. The van der Waals surface area contributed by atoms with Crippen molar-refractivity contribution in [2.75, 3.05) is 11.0 Å². The van der Waals surface area contributed by atoms with Crippen LogP contribution >= 0.6 is 45.3 Å². The summed E-state index contributed by atoms with van der Waals surface area (Å²) in [4.78, 5) is 12.7. The Hall–Kier alpha value is -0.140. The Morgan fingerprint density at radius 2 is 2.06 bits per heavy atom. The highest BCUT2D eigenvalue weighted by molar-refractivity contribution is 14.1. The van der Waals surface area contributed by atoms with Gasteiger partial charge < -0.3 is 5.32 Å². The van der Waals surface area contributed by atoms with Crippen LogP contribution < -0.4 is 5.32 Å². The molecule has 0 saturated heterocycles. The van der Waals surface area contributed by atoms with Crippen molar-refractivity contribution in [3.63, 3.8) is 0 Å². The second-order valence-electron chi connectivity index (χ2n) is 4.12. The van der Waals surface area contributed by atoms with E-state index < -0.39 is 0 Å². The van der Waals surface area contributed by atoms with E-state index in [2.05, 4.69) is 39.4 Å². The van der Waals surface area contributed by atoms with Crippen molar-refractivity contribution in [1.29, 1.82) is 0 Å². The molecule has 0 unspecified atom stereocenters. The molecule has 0 atom stereocenters. The van der Waals surface area contributed by atoms with Crippen LogP contribution in [0.1, 0.15) is 35.4 Å². The molecule has 0 aliphatic heterocycles. The first-order valence-electron chi connectivity index (χ1n) is 6.12. The number of hydrogen-bond acceptors (Lipinski definition) is 3. The molecule has 0 saturated carbocycles. The summed E-state index contributed by atoms with van der Waals surface area (Å²) in [6.45, 7) is 0.797. The molecule has 0 bridgehead atoms. The quantitative estimate of drug-likeness (QED) is 0.413. The van der Waals surface area contributed by atoms with Gasteiger partial charge in [0.15, 0.2) is 0 Å². The number of thiophene rings is 2. The van der Waals surface area contributed by atoms with Crippen LogP contribution in [0.4, 0.5) is 0 Å². The van der Waals surface area contributed by atoms with Gasteiger partial charge in [0.1, 0.15) is 0 Å². The lowest BCUT2D eigenvalue weighted by Crippen LogP contribution is -2.23. The summed E-state index contributed by atoms with van der Waals surface area (Å²) in [6.07, 6.45) is 4.86. The van der Waals surface area contributed by atoms with Crippen LogP contribution in [0.5, 0.6) is 0 Å². The number of amides is 1. The molecular formula is C13H16INOS2. The van der Waals surface area contributed by atoms with E-state index in [0.717, 1.165) is 17.8 Å². The van der Waals surface area contributed by atoms with E-state index in [-0.39, 0.29) is 5.91 Å². The summed E-state index contributed by atoms with van der Waals surface area (Å²) in [5, 5.41) is 5.07. The zero-order chi connectivity index (χ0) is 12.8. The highest BCUT2D eigenvalue weighted by Crippen LogP contribution is 2.29. The summed E-state index contributed by atoms with van der Waals surface area (Å²) < 4.78 is 3.66. The number of rotatable bonds is 7. The third-order valence-electron chi connectivity index (χ3n) is 2.71. The van der Waals surface area contributed by atoms with Crippen molar-refractivity contribution in [3.8, 4) is 0 Å². The van der Waals surface area contributed by atoms with Gasteiger partial charge in [-0.1, -0.05) is 35.4 Å². The molecular weight excluding hydrogens is 377 g/mol. The van der Waals surface area contributed by atoms with Gasteiger partial charge in [0, 0.05) is 15.9 Å². The largest absolute Gasteiger partial charge is 0.351 e. The molecule has 2 rings (SSSR count). The predicted octanol–water partition coefficient (Wildman–Crippen LogP) is 4.69. The number of fused-ring (bicyclic) bond motifs is 1. The monoisotopic (exact) mass is 393 g/mol. The van der Waals surface area contributed by atoms with Gasteiger partial charge in [0.25, 0.3) is 5.91 Å². The number of halogens is 1. The van der Waals surface area contributed by atoms with Crippen molar-refractivity contribution >= 4 is 60.6 Å². The van der Waals surface area contributed by atoms with Gasteiger partial charge in [-0.2, -0.15) is 0 Å². The van der Waals surface area contributed by atoms with Crippen LogP contribution in [0, 0.1) is 0 Å². The Morgan fingerprint density at radius 3 is 2.83 bits per heavy atom. The molecule has 0 fully saturated rings. The minimum absolute atomic E-state index is 0.0808. The smallest absolute Gasteiger partial charge is 0.261 e. The van der Waals surface area contributed by atoms with E-state index in [4.69, 9.17) is 0 Å². The molecule has 0 spiro atoms. The number of carbonyl (C=O) groups excluding carboxylic acids is 1. The highest BCUT2D eigenvalue weighted by atomic mass is 127. The van der Waals surface area contributed by atoms with Crippen LogP contribution in [-0.4, -0.2) is 16.9 Å². The number of carbonyl (C=O) groups is 1. The standard InChI is InChI=1S/C13H16INOS2/c14-6-3-1-2-4-7-15-13(16)12-9-11-10(18-12)5-8-17-11/h5,8-9H,1-4,6-7H2,(H,15,16). The van der Waals surface area contributed by atoms with E-state index in [1.165, 1.54) is 33.1 Å². The number of unbranched alkanes of at least 4 members (excludes halogenated alkanes) is 3. The van der Waals surface area contributed by atoms with Crippen molar-refractivity contribution in [2.45, 2.75) is 25.7 Å². The minimum Gasteiger partial charge on any atom is -0.351 e. The first kappa shape index (κ1) is 14.3. The van der Waals surface area contributed by atoms with Gasteiger partial charge in [-0.25, -0.2) is 0 Å². The molecule has 1 N–H and O–H groups in total. The second-order valence-corrected chi connectivity index (χ2v) is 7.23. The fraction of sp³-hybridized carbons (Fsp3) is 0.462.